The first-order valence-electron chi connectivity index (χ1n) is 7.93. The normalized spacial score (nSPS) is 27.0. The minimum absolute atomic E-state index is 0.0844. The molecule has 2 aliphatic carbocycles. The summed E-state index contributed by atoms with van der Waals surface area (Å²) in [7, 11) is 0. The van der Waals surface area contributed by atoms with Crippen molar-refractivity contribution >= 4 is 17.5 Å². The average Bonchev–Trinajstić information content (AvgIpc) is 3.39. The molecular formula is C17H20N2O2. The quantitative estimate of drug-likeness (QED) is 0.921. The zero-order chi connectivity index (χ0) is 14.4. The van der Waals surface area contributed by atoms with Crippen molar-refractivity contribution in [2.45, 2.75) is 38.1 Å². The molecule has 1 aromatic rings. The second-order valence-electron chi connectivity index (χ2n) is 6.45. The van der Waals surface area contributed by atoms with Gasteiger partial charge in [-0.05, 0) is 43.7 Å². The van der Waals surface area contributed by atoms with E-state index in [1.807, 2.05) is 23.1 Å². The maximum absolute atomic E-state index is 12.7. The minimum atomic E-state index is -0.102. The number of hydrogen-bond donors (Lipinski definition) is 1. The fourth-order valence-corrected chi connectivity index (χ4v) is 3.26. The van der Waals surface area contributed by atoms with Crippen LogP contribution in [-0.4, -0.2) is 24.4 Å². The number of amides is 2. The second-order valence-corrected chi connectivity index (χ2v) is 6.45. The number of fused-ring (bicyclic) bond motifs is 1. The summed E-state index contributed by atoms with van der Waals surface area (Å²) in [5.41, 5.74) is 2.29. The van der Waals surface area contributed by atoms with Gasteiger partial charge in [-0.1, -0.05) is 18.2 Å². The van der Waals surface area contributed by atoms with E-state index in [2.05, 4.69) is 11.4 Å². The molecule has 1 heterocycles. The van der Waals surface area contributed by atoms with Crippen LogP contribution < -0.4 is 10.2 Å². The number of rotatable bonds is 3. The molecule has 21 heavy (non-hydrogen) atoms. The highest BCUT2D eigenvalue weighted by atomic mass is 16.2. The van der Waals surface area contributed by atoms with Gasteiger partial charge in [0, 0.05) is 18.3 Å². The van der Waals surface area contributed by atoms with E-state index in [9.17, 15) is 9.59 Å². The maximum atomic E-state index is 12.7. The van der Waals surface area contributed by atoms with E-state index < -0.39 is 0 Å². The van der Waals surface area contributed by atoms with Gasteiger partial charge in [0.1, 0.15) is 0 Å². The molecule has 2 unspecified atom stereocenters. The lowest BCUT2D eigenvalue weighted by molar-refractivity contribution is -0.126. The number of aryl methyl sites for hydroxylation is 1. The Kier molecular flexibility index (Phi) is 2.98. The van der Waals surface area contributed by atoms with Gasteiger partial charge in [0.25, 0.3) is 0 Å². The van der Waals surface area contributed by atoms with Gasteiger partial charge in [0.05, 0.1) is 11.8 Å². The number of anilines is 1. The van der Waals surface area contributed by atoms with Crippen LogP contribution in [0.4, 0.5) is 5.69 Å². The molecule has 0 radical (unpaired) electrons. The Hall–Kier alpha value is -1.84. The number of benzene rings is 1. The van der Waals surface area contributed by atoms with Crippen molar-refractivity contribution < 1.29 is 9.59 Å². The molecule has 2 saturated carbocycles. The first-order valence-corrected chi connectivity index (χ1v) is 7.93. The highest BCUT2D eigenvalue weighted by Crippen LogP contribution is 2.42. The third kappa shape index (κ3) is 2.43. The molecule has 1 aliphatic heterocycles. The number of carbonyl (C=O) groups is 2. The topological polar surface area (TPSA) is 49.4 Å². The van der Waals surface area contributed by atoms with Gasteiger partial charge in [0.15, 0.2) is 0 Å². The highest BCUT2D eigenvalue weighted by molar-refractivity contribution is 6.01. The predicted octanol–water partition coefficient (Wildman–Crippen LogP) is 1.88. The molecule has 3 aliphatic rings. The van der Waals surface area contributed by atoms with Gasteiger partial charge >= 0.3 is 0 Å². The smallest absolute Gasteiger partial charge is 0.230 e. The molecule has 110 valence electrons. The van der Waals surface area contributed by atoms with Crippen LogP contribution >= 0.6 is 0 Å². The zero-order valence-corrected chi connectivity index (χ0v) is 12.0. The Bertz CT molecular complexity index is 594. The van der Waals surface area contributed by atoms with E-state index in [0.717, 1.165) is 44.3 Å². The van der Waals surface area contributed by atoms with E-state index in [1.54, 1.807) is 0 Å². The van der Waals surface area contributed by atoms with Crippen LogP contribution in [0.15, 0.2) is 24.3 Å². The molecular weight excluding hydrogens is 264 g/mol. The van der Waals surface area contributed by atoms with Gasteiger partial charge in [-0.3, -0.25) is 9.59 Å². The molecule has 2 amide bonds. The van der Waals surface area contributed by atoms with E-state index in [1.165, 1.54) is 5.56 Å². The molecule has 2 fully saturated rings. The molecule has 0 spiro atoms. The highest BCUT2D eigenvalue weighted by Gasteiger charge is 2.50. The van der Waals surface area contributed by atoms with Gasteiger partial charge < -0.3 is 10.2 Å². The summed E-state index contributed by atoms with van der Waals surface area (Å²) in [6.45, 7) is 0.781. The van der Waals surface area contributed by atoms with Gasteiger partial charge in [-0.15, -0.1) is 0 Å². The van der Waals surface area contributed by atoms with Crippen molar-refractivity contribution in [1.29, 1.82) is 0 Å². The zero-order valence-electron chi connectivity index (χ0n) is 12.0. The van der Waals surface area contributed by atoms with Crippen LogP contribution in [0, 0.1) is 11.8 Å². The lowest BCUT2D eigenvalue weighted by Gasteiger charge is -2.29. The van der Waals surface area contributed by atoms with Crippen molar-refractivity contribution in [2.75, 3.05) is 11.4 Å². The standard InChI is InChI=1S/C17H20N2O2/c20-16(18-12-7-8-12)13-10-14(13)17(21)19-9-3-5-11-4-1-2-6-15(11)19/h1-2,4,6,12-14H,3,5,7-10H2,(H,18,20). The largest absolute Gasteiger partial charge is 0.353 e. The van der Waals surface area contributed by atoms with Crippen LogP contribution in [0.25, 0.3) is 0 Å². The minimum Gasteiger partial charge on any atom is -0.353 e. The van der Waals surface area contributed by atoms with Crippen molar-refractivity contribution in [3.63, 3.8) is 0 Å². The molecule has 0 bridgehead atoms. The summed E-state index contributed by atoms with van der Waals surface area (Å²) in [5.74, 6) is 0.0290. The number of carbonyl (C=O) groups excluding carboxylic acids is 2. The van der Waals surface area contributed by atoms with Crippen molar-refractivity contribution in [3.05, 3.63) is 29.8 Å². The fraction of sp³-hybridized carbons (Fsp3) is 0.529. The number of nitrogens with zero attached hydrogens (tertiary/aromatic N) is 1. The molecule has 0 saturated heterocycles. The van der Waals surface area contributed by atoms with Crippen LogP contribution in [-0.2, 0) is 16.0 Å². The SMILES string of the molecule is O=C(NC1CC1)C1CC1C(=O)N1CCCc2ccccc21. The average molecular weight is 284 g/mol. The number of para-hydroxylation sites is 1. The van der Waals surface area contributed by atoms with Crippen molar-refractivity contribution in [3.8, 4) is 0 Å². The predicted molar refractivity (Wildman–Crippen MR) is 79.9 cm³/mol. The number of hydrogen-bond acceptors (Lipinski definition) is 2. The Morgan fingerprint density at radius 1 is 1.14 bits per heavy atom. The summed E-state index contributed by atoms with van der Waals surface area (Å²) in [6, 6.07) is 8.50. The van der Waals surface area contributed by atoms with E-state index >= 15 is 0 Å². The summed E-state index contributed by atoms with van der Waals surface area (Å²) in [5, 5.41) is 3.01. The van der Waals surface area contributed by atoms with Crippen LogP contribution in [0.2, 0.25) is 0 Å². The van der Waals surface area contributed by atoms with Crippen LogP contribution in [0.1, 0.15) is 31.2 Å². The lowest BCUT2D eigenvalue weighted by atomic mass is 10.0. The summed E-state index contributed by atoms with van der Waals surface area (Å²) in [6.07, 6.45) is 4.95. The van der Waals surface area contributed by atoms with Crippen LogP contribution in [0.5, 0.6) is 0 Å². The first kappa shape index (κ1) is 12.9. The Balaban J connectivity index is 1.45. The molecule has 1 N–H and O–H groups in total. The van der Waals surface area contributed by atoms with E-state index in [-0.39, 0.29) is 23.7 Å². The Morgan fingerprint density at radius 3 is 2.76 bits per heavy atom. The van der Waals surface area contributed by atoms with Gasteiger partial charge in [-0.2, -0.15) is 0 Å². The molecule has 4 rings (SSSR count). The molecule has 2 atom stereocenters. The van der Waals surface area contributed by atoms with Crippen molar-refractivity contribution in [2.24, 2.45) is 11.8 Å². The lowest BCUT2D eigenvalue weighted by Crippen LogP contribution is -2.38. The second kappa shape index (κ2) is 4.86. The molecule has 4 nitrogen and oxygen atoms in total. The summed E-state index contributed by atoms with van der Waals surface area (Å²) < 4.78 is 0. The maximum Gasteiger partial charge on any atom is 0.230 e. The molecule has 1 aromatic carbocycles. The monoisotopic (exact) mass is 284 g/mol. The molecule has 0 aromatic heterocycles. The van der Waals surface area contributed by atoms with E-state index in [0.29, 0.717) is 6.04 Å². The third-order valence-electron chi connectivity index (χ3n) is 4.74. The molecule has 4 heteroatoms. The fourth-order valence-electron chi connectivity index (χ4n) is 3.26. The number of nitrogens with one attached hydrogen (secondary N) is 1. The summed E-state index contributed by atoms with van der Waals surface area (Å²) >= 11 is 0. The Morgan fingerprint density at radius 2 is 1.95 bits per heavy atom. The summed E-state index contributed by atoms with van der Waals surface area (Å²) in [4.78, 5) is 26.6. The van der Waals surface area contributed by atoms with Gasteiger partial charge in [-0.25, -0.2) is 0 Å². The van der Waals surface area contributed by atoms with Crippen LogP contribution in [0.3, 0.4) is 0 Å². The Labute approximate surface area is 124 Å². The first-order chi connectivity index (χ1) is 10.2. The van der Waals surface area contributed by atoms with E-state index in [4.69, 9.17) is 0 Å². The third-order valence-corrected chi connectivity index (χ3v) is 4.74. The van der Waals surface area contributed by atoms with Gasteiger partial charge in [0.2, 0.25) is 11.8 Å². The van der Waals surface area contributed by atoms with Crippen molar-refractivity contribution in [1.82, 2.24) is 5.32 Å².